The quantitative estimate of drug-likeness (QED) is 0.743. The summed E-state index contributed by atoms with van der Waals surface area (Å²) in [4.78, 5) is 22.9. The van der Waals surface area contributed by atoms with E-state index in [1.54, 1.807) is 6.07 Å². The van der Waals surface area contributed by atoms with Gasteiger partial charge < -0.3 is 10.2 Å². The van der Waals surface area contributed by atoms with Gasteiger partial charge in [0.15, 0.2) is 9.84 Å². The molecule has 0 radical (unpaired) electrons. The lowest BCUT2D eigenvalue weighted by molar-refractivity contribution is 0.0948. The molecule has 1 unspecified atom stereocenters. The van der Waals surface area contributed by atoms with Crippen LogP contribution in [0, 0.1) is 6.92 Å². The minimum Gasteiger partial charge on any atom is -0.351 e. The summed E-state index contributed by atoms with van der Waals surface area (Å²) in [6, 6.07) is 1.53. The van der Waals surface area contributed by atoms with E-state index in [9.17, 15) is 13.2 Å². The minimum atomic E-state index is -2.99. The largest absolute Gasteiger partial charge is 0.351 e. The van der Waals surface area contributed by atoms with Crippen molar-refractivity contribution >= 4 is 21.7 Å². The summed E-state index contributed by atoms with van der Waals surface area (Å²) in [5, 5.41) is 2.85. The van der Waals surface area contributed by atoms with Gasteiger partial charge in [-0.15, -0.1) is 0 Å². The van der Waals surface area contributed by atoms with Crippen molar-refractivity contribution in [3.63, 3.8) is 0 Å². The molecule has 1 saturated heterocycles. The molecule has 1 N–H and O–H groups in total. The van der Waals surface area contributed by atoms with E-state index in [-0.39, 0.29) is 23.5 Å². The standard InChI is InChI=1S/C16H26N4O3S/c1-4-6-8-17-15(21)14-10-12(3)18-16(19-14)20(5-2)13-7-9-24(22,23)11-13/h10,13H,4-9,11H2,1-3H3,(H,17,21). The number of hydrogen-bond acceptors (Lipinski definition) is 6. The van der Waals surface area contributed by atoms with E-state index < -0.39 is 9.84 Å². The molecule has 1 amide bonds. The Morgan fingerprint density at radius 1 is 1.38 bits per heavy atom. The number of nitrogens with one attached hydrogen (secondary N) is 1. The molecule has 0 spiro atoms. The number of aryl methyl sites for hydroxylation is 1. The van der Waals surface area contributed by atoms with Gasteiger partial charge in [0.05, 0.1) is 11.5 Å². The lowest BCUT2D eigenvalue weighted by atomic mass is 10.2. The monoisotopic (exact) mass is 354 g/mol. The van der Waals surface area contributed by atoms with Gasteiger partial charge in [-0.3, -0.25) is 4.79 Å². The molecule has 1 aromatic heterocycles. The lowest BCUT2D eigenvalue weighted by Gasteiger charge is -2.27. The highest BCUT2D eigenvalue weighted by molar-refractivity contribution is 7.91. The predicted octanol–water partition coefficient (Wildman–Crippen LogP) is 1.33. The molecule has 2 rings (SSSR count). The highest BCUT2D eigenvalue weighted by Gasteiger charge is 2.33. The van der Waals surface area contributed by atoms with E-state index in [4.69, 9.17) is 0 Å². The van der Waals surface area contributed by atoms with Crippen molar-refractivity contribution in [1.82, 2.24) is 15.3 Å². The van der Waals surface area contributed by atoms with Crippen molar-refractivity contribution in [1.29, 1.82) is 0 Å². The molecular weight excluding hydrogens is 328 g/mol. The number of anilines is 1. The van der Waals surface area contributed by atoms with Crippen molar-refractivity contribution < 1.29 is 13.2 Å². The molecule has 24 heavy (non-hydrogen) atoms. The molecule has 1 atom stereocenters. The SMILES string of the molecule is CCCCNC(=O)c1cc(C)nc(N(CC)C2CCS(=O)(=O)C2)n1. The molecule has 0 saturated carbocycles. The van der Waals surface area contributed by atoms with Gasteiger partial charge in [-0.05, 0) is 32.8 Å². The summed E-state index contributed by atoms with van der Waals surface area (Å²) in [5.74, 6) is 0.533. The average molecular weight is 354 g/mol. The van der Waals surface area contributed by atoms with Crippen LogP contribution in [0.1, 0.15) is 49.3 Å². The van der Waals surface area contributed by atoms with Gasteiger partial charge in [0.2, 0.25) is 5.95 Å². The number of rotatable bonds is 7. The second-order valence-electron chi connectivity index (χ2n) is 6.15. The zero-order valence-electron chi connectivity index (χ0n) is 14.6. The predicted molar refractivity (Wildman–Crippen MR) is 94.1 cm³/mol. The number of aromatic nitrogens is 2. The zero-order valence-corrected chi connectivity index (χ0v) is 15.4. The molecule has 134 valence electrons. The number of unbranched alkanes of at least 4 members (excludes halogenated alkanes) is 1. The van der Waals surface area contributed by atoms with Crippen LogP contribution in [0.25, 0.3) is 0 Å². The van der Waals surface area contributed by atoms with E-state index >= 15 is 0 Å². The van der Waals surface area contributed by atoms with Crippen molar-refractivity contribution in [2.45, 2.75) is 46.1 Å². The van der Waals surface area contributed by atoms with Gasteiger partial charge in [-0.2, -0.15) is 0 Å². The number of amides is 1. The molecule has 7 nitrogen and oxygen atoms in total. The first-order valence-corrected chi connectivity index (χ1v) is 10.3. The zero-order chi connectivity index (χ0) is 17.7. The first kappa shape index (κ1) is 18.6. The summed E-state index contributed by atoms with van der Waals surface area (Å²) in [7, 11) is -2.99. The molecule has 0 bridgehead atoms. The number of hydrogen-bond donors (Lipinski definition) is 1. The Kier molecular flexibility index (Phi) is 6.15. The molecule has 8 heteroatoms. The van der Waals surface area contributed by atoms with Crippen molar-refractivity contribution in [2.24, 2.45) is 0 Å². The summed E-state index contributed by atoms with van der Waals surface area (Å²) >= 11 is 0. The van der Waals surface area contributed by atoms with Crippen molar-refractivity contribution in [2.75, 3.05) is 29.5 Å². The Morgan fingerprint density at radius 2 is 2.12 bits per heavy atom. The Balaban J connectivity index is 2.21. The Morgan fingerprint density at radius 3 is 2.71 bits per heavy atom. The first-order valence-electron chi connectivity index (χ1n) is 8.47. The highest BCUT2D eigenvalue weighted by atomic mass is 32.2. The third kappa shape index (κ3) is 4.66. The molecule has 2 heterocycles. The molecule has 1 aliphatic rings. The number of carbonyl (C=O) groups is 1. The van der Waals surface area contributed by atoms with Crippen LogP contribution in [0.2, 0.25) is 0 Å². The average Bonchev–Trinajstić information content (AvgIpc) is 2.87. The van der Waals surface area contributed by atoms with Crippen LogP contribution in [-0.4, -0.2) is 54.9 Å². The van der Waals surface area contributed by atoms with Crippen LogP contribution < -0.4 is 10.2 Å². The summed E-state index contributed by atoms with van der Waals surface area (Å²) in [6.07, 6.45) is 2.50. The Labute approximate surface area is 143 Å². The van der Waals surface area contributed by atoms with E-state index in [1.807, 2.05) is 18.7 Å². The number of sulfone groups is 1. The van der Waals surface area contributed by atoms with Gasteiger partial charge in [-0.1, -0.05) is 13.3 Å². The second kappa shape index (κ2) is 7.92. The Hall–Kier alpha value is -1.70. The lowest BCUT2D eigenvalue weighted by Crippen LogP contribution is -2.38. The summed E-state index contributed by atoms with van der Waals surface area (Å²) in [5.41, 5.74) is 1.02. The number of carbonyl (C=O) groups excluding carboxylic acids is 1. The fraction of sp³-hybridized carbons (Fsp3) is 0.688. The van der Waals surface area contributed by atoms with Gasteiger partial charge in [0.25, 0.3) is 5.91 Å². The molecular formula is C16H26N4O3S. The highest BCUT2D eigenvalue weighted by Crippen LogP contribution is 2.22. The molecule has 1 aromatic rings. The van der Waals surface area contributed by atoms with E-state index in [0.29, 0.717) is 36.8 Å². The third-order valence-corrected chi connectivity index (χ3v) is 5.89. The van der Waals surface area contributed by atoms with Crippen LogP contribution in [0.4, 0.5) is 5.95 Å². The third-order valence-electron chi connectivity index (χ3n) is 4.14. The number of nitrogens with zero attached hydrogens (tertiary/aromatic N) is 3. The summed E-state index contributed by atoms with van der Waals surface area (Å²) in [6.45, 7) is 7.03. The summed E-state index contributed by atoms with van der Waals surface area (Å²) < 4.78 is 23.5. The molecule has 0 aliphatic carbocycles. The van der Waals surface area contributed by atoms with Crippen molar-refractivity contribution in [3.05, 3.63) is 17.5 Å². The smallest absolute Gasteiger partial charge is 0.270 e. The fourth-order valence-electron chi connectivity index (χ4n) is 2.85. The van der Waals surface area contributed by atoms with E-state index in [0.717, 1.165) is 12.8 Å². The van der Waals surface area contributed by atoms with Gasteiger partial charge in [0, 0.05) is 24.8 Å². The van der Waals surface area contributed by atoms with E-state index in [1.165, 1.54) is 0 Å². The van der Waals surface area contributed by atoms with Crippen LogP contribution in [0.5, 0.6) is 0 Å². The molecule has 1 fully saturated rings. The van der Waals surface area contributed by atoms with Gasteiger partial charge in [0.1, 0.15) is 5.69 Å². The van der Waals surface area contributed by atoms with E-state index in [2.05, 4.69) is 22.2 Å². The first-order chi connectivity index (χ1) is 11.4. The van der Waals surface area contributed by atoms with Gasteiger partial charge >= 0.3 is 0 Å². The fourth-order valence-corrected chi connectivity index (χ4v) is 4.58. The molecule has 0 aromatic carbocycles. The Bertz CT molecular complexity index is 691. The normalized spacial score (nSPS) is 19.2. The minimum absolute atomic E-state index is 0.121. The van der Waals surface area contributed by atoms with Crippen LogP contribution >= 0.6 is 0 Å². The second-order valence-corrected chi connectivity index (χ2v) is 8.38. The van der Waals surface area contributed by atoms with Crippen LogP contribution in [0.3, 0.4) is 0 Å². The van der Waals surface area contributed by atoms with Crippen molar-refractivity contribution in [3.8, 4) is 0 Å². The van der Waals surface area contributed by atoms with Crippen LogP contribution in [-0.2, 0) is 9.84 Å². The topological polar surface area (TPSA) is 92.3 Å². The van der Waals surface area contributed by atoms with Gasteiger partial charge in [-0.25, -0.2) is 18.4 Å². The van der Waals surface area contributed by atoms with Crippen LogP contribution in [0.15, 0.2) is 6.07 Å². The maximum absolute atomic E-state index is 12.2. The maximum Gasteiger partial charge on any atom is 0.270 e. The maximum atomic E-state index is 12.2. The molecule has 1 aliphatic heterocycles.